The molecule has 1 aliphatic rings. The predicted molar refractivity (Wildman–Crippen MR) is 161 cm³/mol. The van der Waals surface area contributed by atoms with Gasteiger partial charge in [0, 0.05) is 33.1 Å². The Labute approximate surface area is 255 Å². The zero-order valence-electron chi connectivity index (χ0n) is 24.8. The van der Waals surface area contributed by atoms with Gasteiger partial charge >= 0.3 is 18.2 Å². The summed E-state index contributed by atoms with van der Waals surface area (Å²) >= 11 is 0. The molecule has 0 aliphatic carbocycles. The molecule has 0 aromatic heterocycles. The van der Waals surface area contributed by atoms with E-state index in [1.165, 1.54) is 19.0 Å². The molecule has 14 heteroatoms. The van der Waals surface area contributed by atoms with Crippen LogP contribution in [0.3, 0.4) is 0 Å². The highest BCUT2D eigenvalue weighted by atomic mass is 16.6. The Morgan fingerprint density at radius 2 is 1.57 bits per heavy atom. The number of nitrogens with zero attached hydrogens (tertiary/aromatic N) is 2. The normalized spacial score (nSPS) is 14.6. The first kappa shape index (κ1) is 33.4. The molecule has 236 valence electrons. The summed E-state index contributed by atoms with van der Waals surface area (Å²) in [6.45, 7) is 0.528. The lowest BCUT2D eigenvalue weighted by Gasteiger charge is -2.30. The van der Waals surface area contributed by atoms with Gasteiger partial charge in [-0.1, -0.05) is 60.7 Å². The Hall–Kier alpha value is -5.14. The van der Waals surface area contributed by atoms with E-state index in [1.807, 2.05) is 60.7 Å². The van der Waals surface area contributed by atoms with E-state index in [0.29, 0.717) is 25.8 Å². The molecule has 2 atom stereocenters. The number of aliphatic imine (C=N–C) groups is 1. The van der Waals surface area contributed by atoms with Gasteiger partial charge in [-0.3, -0.25) is 20.2 Å². The molecule has 44 heavy (non-hydrogen) atoms. The van der Waals surface area contributed by atoms with Crippen LogP contribution in [0.25, 0.3) is 0 Å². The van der Waals surface area contributed by atoms with Crippen LogP contribution in [0.1, 0.15) is 36.8 Å². The third-order valence-corrected chi connectivity index (χ3v) is 6.70. The van der Waals surface area contributed by atoms with Crippen LogP contribution in [0.15, 0.2) is 65.7 Å². The molecule has 0 radical (unpaired) electrons. The zero-order valence-corrected chi connectivity index (χ0v) is 24.8. The van der Waals surface area contributed by atoms with Crippen LogP contribution >= 0.6 is 0 Å². The summed E-state index contributed by atoms with van der Waals surface area (Å²) in [5, 5.41) is 12.7. The Morgan fingerprint density at radius 3 is 2.16 bits per heavy atom. The van der Waals surface area contributed by atoms with Crippen molar-refractivity contribution in [3.8, 4) is 0 Å². The topological polar surface area (TPSA) is 180 Å². The number of benzene rings is 2. The number of rotatable bonds is 13. The van der Waals surface area contributed by atoms with Crippen molar-refractivity contribution >= 4 is 36.0 Å². The lowest BCUT2D eigenvalue weighted by atomic mass is 10.0. The number of nitrogens with one attached hydrogen (secondary N) is 5. The first-order valence-electron chi connectivity index (χ1n) is 14.3. The van der Waals surface area contributed by atoms with Gasteiger partial charge in [-0.2, -0.15) is 0 Å². The molecular formula is C30H39N7O7. The molecule has 14 nitrogen and oxygen atoms in total. The maximum Gasteiger partial charge on any atom is 0.407 e. The van der Waals surface area contributed by atoms with E-state index < -0.39 is 36.2 Å². The van der Waals surface area contributed by atoms with Crippen molar-refractivity contribution in [2.75, 3.05) is 27.2 Å². The second-order valence-corrected chi connectivity index (χ2v) is 9.99. The van der Waals surface area contributed by atoms with E-state index in [2.05, 4.69) is 31.6 Å². The lowest BCUT2D eigenvalue weighted by Crippen LogP contribution is -2.58. The van der Waals surface area contributed by atoms with Crippen molar-refractivity contribution in [2.24, 2.45) is 4.99 Å². The van der Waals surface area contributed by atoms with Gasteiger partial charge in [0.25, 0.3) is 5.91 Å². The Balaban J connectivity index is 1.50. The van der Waals surface area contributed by atoms with Crippen LogP contribution in [0, 0.1) is 0 Å². The SMILES string of the molecule is CNC(=O)NC1=NCC(N(C)C(=O)C[C@H](CCCCNC(=O)OCc2ccccc2)NC(=O)OCc2ccccc2)C(=O)N1. The quantitative estimate of drug-likeness (QED) is 0.216. The number of carbonyl (C=O) groups excluding carboxylic acids is 5. The van der Waals surface area contributed by atoms with E-state index in [0.717, 1.165) is 11.1 Å². The lowest BCUT2D eigenvalue weighted by molar-refractivity contribution is -0.138. The smallest absolute Gasteiger partial charge is 0.407 e. The van der Waals surface area contributed by atoms with E-state index >= 15 is 0 Å². The van der Waals surface area contributed by atoms with Crippen molar-refractivity contribution in [1.29, 1.82) is 0 Å². The monoisotopic (exact) mass is 609 g/mol. The van der Waals surface area contributed by atoms with Gasteiger partial charge in [-0.15, -0.1) is 0 Å². The molecule has 6 amide bonds. The first-order valence-corrected chi connectivity index (χ1v) is 14.3. The summed E-state index contributed by atoms with van der Waals surface area (Å²) in [4.78, 5) is 67.3. The summed E-state index contributed by atoms with van der Waals surface area (Å²) in [5.41, 5.74) is 1.69. The Bertz CT molecular complexity index is 1290. The van der Waals surface area contributed by atoms with Crippen molar-refractivity contribution < 1.29 is 33.4 Å². The minimum atomic E-state index is -0.894. The molecule has 0 spiro atoms. The van der Waals surface area contributed by atoms with Crippen molar-refractivity contribution in [3.05, 3.63) is 71.8 Å². The molecule has 1 aliphatic heterocycles. The van der Waals surface area contributed by atoms with Crippen LogP contribution in [0.5, 0.6) is 0 Å². The number of ether oxygens (including phenoxy) is 2. The van der Waals surface area contributed by atoms with E-state index in [4.69, 9.17) is 9.47 Å². The third kappa shape index (κ3) is 11.6. The summed E-state index contributed by atoms with van der Waals surface area (Å²) in [5.74, 6) is -0.900. The first-order chi connectivity index (χ1) is 21.2. The summed E-state index contributed by atoms with van der Waals surface area (Å²) < 4.78 is 10.5. The Morgan fingerprint density at radius 1 is 0.955 bits per heavy atom. The number of likely N-dealkylation sites (N-methyl/N-ethyl adjacent to an activating group) is 1. The largest absolute Gasteiger partial charge is 0.445 e. The van der Waals surface area contributed by atoms with Crippen LogP contribution in [0.4, 0.5) is 14.4 Å². The minimum Gasteiger partial charge on any atom is -0.445 e. The number of hydrogen-bond donors (Lipinski definition) is 5. The molecule has 0 saturated carbocycles. The fourth-order valence-electron chi connectivity index (χ4n) is 4.21. The zero-order chi connectivity index (χ0) is 31.7. The number of unbranched alkanes of at least 4 members (excludes halogenated alkanes) is 1. The van der Waals surface area contributed by atoms with Gasteiger partial charge in [0.15, 0.2) is 0 Å². The molecular weight excluding hydrogens is 570 g/mol. The molecule has 5 N–H and O–H groups in total. The van der Waals surface area contributed by atoms with Gasteiger partial charge in [-0.05, 0) is 30.4 Å². The predicted octanol–water partition coefficient (Wildman–Crippen LogP) is 2.01. The standard InChI is InChI=1S/C30H39N7O7/c1-31-28(40)36-27-33-18-24(26(39)35-27)37(2)25(38)17-23(34-30(42)44-20-22-13-7-4-8-14-22)15-9-10-16-32-29(41)43-19-21-11-5-3-6-12-21/h3-8,11-14,23-24H,9-10,15-20H2,1-2H3,(H,32,41)(H,34,42)(H3,31,33,35,36,39,40)/t23-,24?/m0/s1. The maximum absolute atomic E-state index is 13.2. The Kier molecular flexibility index (Phi) is 13.4. The second-order valence-electron chi connectivity index (χ2n) is 9.99. The highest BCUT2D eigenvalue weighted by molar-refractivity contribution is 6.07. The molecule has 2 aromatic carbocycles. The third-order valence-electron chi connectivity index (χ3n) is 6.70. The van der Waals surface area contributed by atoms with Crippen LogP contribution < -0.4 is 26.6 Å². The highest BCUT2D eigenvalue weighted by Gasteiger charge is 2.32. The van der Waals surface area contributed by atoms with Crippen LogP contribution in [-0.4, -0.2) is 80.2 Å². The van der Waals surface area contributed by atoms with Gasteiger partial charge in [0.2, 0.25) is 11.9 Å². The van der Waals surface area contributed by atoms with Gasteiger partial charge < -0.3 is 30.3 Å². The number of amides is 6. The average molecular weight is 610 g/mol. The van der Waals surface area contributed by atoms with Gasteiger partial charge in [0.05, 0.1) is 6.54 Å². The molecule has 0 saturated heterocycles. The fraction of sp³-hybridized carbons (Fsp3) is 0.400. The van der Waals surface area contributed by atoms with E-state index in [9.17, 15) is 24.0 Å². The number of alkyl carbamates (subject to hydrolysis) is 2. The summed E-state index contributed by atoms with van der Waals surface area (Å²) in [7, 11) is 2.91. The summed E-state index contributed by atoms with van der Waals surface area (Å²) in [6, 6.07) is 16.5. The molecule has 3 rings (SSSR count). The molecule has 0 bridgehead atoms. The number of guanidine groups is 1. The second kappa shape index (κ2) is 17.7. The highest BCUT2D eigenvalue weighted by Crippen LogP contribution is 2.11. The minimum absolute atomic E-state index is 0.00953. The molecule has 0 fully saturated rings. The van der Waals surface area contributed by atoms with Gasteiger partial charge in [-0.25, -0.2) is 19.4 Å². The van der Waals surface area contributed by atoms with Gasteiger partial charge in [0.1, 0.15) is 19.3 Å². The van der Waals surface area contributed by atoms with Crippen molar-refractivity contribution in [2.45, 2.75) is 51.0 Å². The number of hydrogen-bond acceptors (Lipinski definition) is 8. The van der Waals surface area contributed by atoms with Crippen molar-refractivity contribution in [1.82, 2.24) is 31.5 Å². The van der Waals surface area contributed by atoms with E-state index in [-0.39, 0.29) is 38.0 Å². The number of urea groups is 1. The fourth-order valence-corrected chi connectivity index (χ4v) is 4.21. The number of carbonyl (C=O) groups is 5. The summed E-state index contributed by atoms with van der Waals surface area (Å²) in [6.07, 6.45) is 0.245. The average Bonchev–Trinajstić information content (AvgIpc) is 3.03. The molecule has 2 aromatic rings. The van der Waals surface area contributed by atoms with Crippen molar-refractivity contribution in [3.63, 3.8) is 0 Å². The molecule has 1 heterocycles. The van der Waals surface area contributed by atoms with Crippen LogP contribution in [0.2, 0.25) is 0 Å². The van der Waals surface area contributed by atoms with Crippen LogP contribution in [-0.2, 0) is 32.3 Å². The maximum atomic E-state index is 13.2. The molecule has 1 unspecified atom stereocenters. The van der Waals surface area contributed by atoms with E-state index in [1.54, 1.807) is 0 Å².